The Kier molecular flexibility index (Phi) is 5.13. The molecule has 17 heavy (non-hydrogen) atoms. The van der Waals surface area contributed by atoms with Gasteiger partial charge < -0.3 is 5.11 Å². The number of aliphatic hydroxyl groups excluding tert-OH is 1. The molecule has 0 spiro atoms. The first-order valence-corrected chi connectivity index (χ1v) is 6.74. The molecule has 0 radical (unpaired) electrons. The summed E-state index contributed by atoms with van der Waals surface area (Å²) in [6.07, 6.45) is 1.81. The van der Waals surface area contributed by atoms with Crippen LogP contribution in [0.1, 0.15) is 6.42 Å². The van der Waals surface area contributed by atoms with E-state index in [0.717, 1.165) is 4.31 Å². The third kappa shape index (κ3) is 4.12. The Morgan fingerprint density at radius 1 is 1.59 bits per heavy atom. The van der Waals surface area contributed by atoms with Gasteiger partial charge in [-0.15, -0.1) is 0 Å². The van der Waals surface area contributed by atoms with E-state index in [-0.39, 0.29) is 24.0 Å². The van der Waals surface area contributed by atoms with Crippen molar-refractivity contribution in [2.24, 2.45) is 0 Å². The van der Waals surface area contributed by atoms with Gasteiger partial charge in [0.1, 0.15) is 0 Å². The zero-order chi connectivity index (χ0) is 12.9. The summed E-state index contributed by atoms with van der Waals surface area (Å²) in [6, 6.07) is 3.15. The molecule has 1 heterocycles. The van der Waals surface area contributed by atoms with Crippen molar-refractivity contribution in [1.82, 2.24) is 9.29 Å². The number of aliphatic hydroxyl groups is 1. The quantitative estimate of drug-likeness (QED) is 0.803. The molecule has 0 amide bonds. The van der Waals surface area contributed by atoms with E-state index in [4.69, 9.17) is 16.7 Å². The van der Waals surface area contributed by atoms with Gasteiger partial charge in [-0.3, -0.25) is 4.72 Å². The predicted molar refractivity (Wildman–Crippen MR) is 66.1 cm³/mol. The van der Waals surface area contributed by atoms with Crippen LogP contribution in [0.5, 0.6) is 0 Å². The van der Waals surface area contributed by atoms with Crippen molar-refractivity contribution >= 4 is 27.6 Å². The van der Waals surface area contributed by atoms with Crippen LogP contribution in [0.3, 0.4) is 0 Å². The van der Waals surface area contributed by atoms with Gasteiger partial charge in [0.15, 0.2) is 5.82 Å². The Morgan fingerprint density at radius 2 is 2.29 bits per heavy atom. The van der Waals surface area contributed by atoms with Crippen LogP contribution in [-0.2, 0) is 10.2 Å². The molecule has 0 aromatic carbocycles. The molecule has 0 aliphatic carbocycles. The fourth-order valence-electron chi connectivity index (χ4n) is 1.07. The van der Waals surface area contributed by atoms with Crippen LogP contribution in [-0.4, -0.2) is 43.0 Å². The SMILES string of the molecule is CN(CCCO)S(=O)(=O)Nc1ncccc1Cl. The van der Waals surface area contributed by atoms with Crippen LogP contribution in [0.2, 0.25) is 5.02 Å². The third-order valence-corrected chi connectivity index (χ3v) is 3.79. The summed E-state index contributed by atoms with van der Waals surface area (Å²) in [5, 5.41) is 8.87. The van der Waals surface area contributed by atoms with Crippen molar-refractivity contribution in [3.8, 4) is 0 Å². The number of hydrogen-bond acceptors (Lipinski definition) is 4. The van der Waals surface area contributed by atoms with Crippen molar-refractivity contribution in [2.45, 2.75) is 6.42 Å². The molecule has 2 N–H and O–H groups in total. The summed E-state index contributed by atoms with van der Waals surface area (Å²) in [4.78, 5) is 3.83. The zero-order valence-corrected chi connectivity index (χ0v) is 10.9. The van der Waals surface area contributed by atoms with E-state index in [9.17, 15) is 8.42 Å². The predicted octanol–water partition coefficient (Wildman–Crippen LogP) is 0.706. The molecule has 6 nitrogen and oxygen atoms in total. The lowest BCUT2D eigenvalue weighted by molar-refractivity contribution is 0.276. The highest BCUT2D eigenvalue weighted by Crippen LogP contribution is 2.19. The second-order valence-corrected chi connectivity index (χ2v) is 5.52. The Balaban J connectivity index is 2.76. The van der Waals surface area contributed by atoms with Gasteiger partial charge >= 0.3 is 10.2 Å². The first-order valence-electron chi connectivity index (χ1n) is 4.93. The van der Waals surface area contributed by atoms with Gasteiger partial charge in [0.05, 0.1) is 5.02 Å². The fraction of sp³-hybridized carbons (Fsp3) is 0.444. The molecule has 0 saturated heterocycles. The number of nitrogens with zero attached hydrogens (tertiary/aromatic N) is 2. The molecular formula is C9H14ClN3O3S. The maximum Gasteiger partial charge on any atom is 0.302 e. The molecule has 0 saturated carbocycles. The molecule has 0 aliphatic rings. The Hall–Kier alpha value is -0.890. The van der Waals surface area contributed by atoms with Crippen LogP contribution < -0.4 is 4.72 Å². The molecule has 96 valence electrons. The van der Waals surface area contributed by atoms with Gasteiger partial charge in [0.25, 0.3) is 0 Å². The lowest BCUT2D eigenvalue weighted by atomic mass is 10.5. The molecule has 0 bridgehead atoms. The number of hydrogen-bond donors (Lipinski definition) is 2. The minimum atomic E-state index is -3.68. The normalized spacial score (nSPS) is 11.8. The van der Waals surface area contributed by atoms with Crippen LogP contribution in [0.15, 0.2) is 18.3 Å². The molecule has 1 aromatic heterocycles. The molecule has 1 aromatic rings. The standard InChI is InChI=1S/C9H14ClN3O3S/c1-13(6-3-7-14)17(15,16)12-9-8(10)4-2-5-11-9/h2,4-5,14H,3,6-7H2,1H3,(H,11,12). The van der Waals surface area contributed by atoms with Crippen molar-refractivity contribution in [3.63, 3.8) is 0 Å². The lowest BCUT2D eigenvalue weighted by Crippen LogP contribution is -2.34. The lowest BCUT2D eigenvalue weighted by Gasteiger charge is -2.17. The second-order valence-electron chi connectivity index (χ2n) is 3.34. The van der Waals surface area contributed by atoms with E-state index in [1.54, 1.807) is 12.1 Å². The number of aromatic nitrogens is 1. The van der Waals surface area contributed by atoms with Gasteiger partial charge in [-0.1, -0.05) is 11.6 Å². The largest absolute Gasteiger partial charge is 0.396 e. The number of nitrogens with one attached hydrogen (secondary N) is 1. The summed E-state index contributed by atoms with van der Waals surface area (Å²) in [6.45, 7) is 0.153. The second kappa shape index (κ2) is 6.15. The highest BCUT2D eigenvalue weighted by atomic mass is 35.5. The minimum absolute atomic E-state index is 0.0653. The molecule has 1 rings (SSSR count). The van der Waals surface area contributed by atoms with Crippen molar-refractivity contribution in [3.05, 3.63) is 23.4 Å². The van der Waals surface area contributed by atoms with Gasteiger partial charge in [-0.2, -0.15) is 12.7 Å². The molecule has 8 heteroatoms. The van der Waals surface area contributed by atoms with Crippen molar-refractivity contribution < 1.29 is 13.5 Å². The highest BCUT2D eigenvalue weighted by molar-refractivity contribution is 7.90. The van der Waals surface area contributed by atoms with Crippen LogP contribution in [0, 0.1) is 0 Å². The topological polar surface area (TPSA) is 82.5 Å². The minimum Gasteiger partial charge on any atom is -0.396 e. The first-order chi connectivity index (χ1) is 7.97. The van der Waals surface area contributed by atoms with Crippen molar-refractivity contribution in [2.75, 3.05) is 24.9 Å². The molecular weight excluding hydrogens is 266 g/mol. The van der Waals surface area contributed by atoms with Gasteiger partial charge in [-0.05, 0) is 18.6 Å². The molecule has 0 unspecified atom stereocenters. The number of pyridine rings is 1. The number of halogens is 1. The average molecular weight is 280 g/mol. The zero-order valence-electron chi connectivity index (χ0n) is 9.30. The maximum absolute atomic E-state index is 11.8. The van der Waals surface area contributed by atoms with Crippen molar-refractivity contribution in [1.29, 1.82) is 0 Å². The smallest absolute Gasteiger partial charge is 0.302 e. The summed E-state index contributed by atoms with van der Waals surface area (Å²) < 4.78 is 26.9. The van der Waals surface area contributed by atoms with E-state index >= 15 is 0 Å². The van der Waals surface area contributed by atoms with Crippen LogP contribution in [0.4, 0.5) is 5.82 Å². The van der Waals surface area contributed by atoms with Gasteiger partial charge in [-0.25, -0.2) is 4.98 Å². The Bertz CT molecular complexity index is 466. The van der Waals surface area contributed by atoms with Gasteiger partial charge in [0, 0.05) is 26.4 Å². The summed E-state index contributed by atoms with van der Waals surface area (Å²) in [5.74, 6) is 0.0880. The van der Waals surface area contributed by atoms with Gasteiger partial charge in [0.2, 0.25) is 0 Å². The Morgan fingerprint density at radius 3 is 2.88 bits per heavy atom. The highest BCUT2D eigenvalue weighted by Gasteiger charge is 2.18. The summed E-state index contributed by atoms with van der Waals surface area (Å²) in [5.41, 5.74) is 0. The number of rotatable bonds is 6. The third-order valence-electron chi connectivity index (χ3n) is 2.03. The molecule has 0 fully saturated rings. The summed E-state index contributed by atoms with van der Waals surface area (Å²) >= 11 is 5.79. The van der Waals surface area contributed by atoms with E-state index in [2.05, 4.69) is 9.71 Å². The van der Waals surface area contributed by atoms with Crippen LogP contribution >= 0.6 is 11.6 Å². The molecule has 0 atom stereocenters. The van der Waals surface area contributed by atoms with E-state index in [1.165, 1.54) is 13.2 Å². The van der Waals surface area contributed by atoms with E-state index < -0.39 is 10.2 Å². The molecule has 0 aliphatic heterocycles. The fourth-order valence-corrected chi connectivity index (χ4v) is 2.23. The van der Waals surface area contributed by atoms with Crippen LogP contribution in [0.25, 0.3) is 0 Å². The Labute approximate surface area is 105 Å². The monoisotopic (exact) mass is 279 g/mol. The first kappa shape index (κ1) is 14.2. The van der Waals surface area contributed by atoms with E-state index in [1.807, 2.05) is 0 Å². The summed E-state index contributed by atoms with van der Waals surface area (Å²) in [7, 11) is -2.27. The maximum atomic E-state index is 11.8. The number of anilines is 1. The average Bonchev–Trinajstić information content (AvgIpc) is 2.28. The van der Waals surface area contributed by atoms with E-state index in [0.29, 0.717) is 6.42 Å².